The van der Waals surface area contributed by atoms with Gasteiger partial charge in [0.1, 0.15) is 11.9 Å². The molecule has 5 nitrogen and oxygen atoms in total. The monoisotopic (exact) mass is 291 g/mol. The fourth-order valence-corrected chi connectivity index (χ4v) is 2.07. The van der Waals surface area contributed by atoms with Crippen LogP contribution in [0.1, 0.15) is 38.2 Å². The molecule has 1 aliphatic heterocycles. The number of carbonyl (C=O) groups excluding carboxylic acids is 1. The molecule has 0 aromatic heterocycles. The number of benzene rings is 1. The smallest absolute Gasteiger partial charge is 0.309 e. The van der Waals surface area contributed by atoms with E-state index in [-0.39, 0.29) is 18.5 Å². The normalized spacial score (nSPS) is 17.0. The minimum absolute atomic E-state index is 0.223. The van der Waals surface area contributed by atoms with E-state index in [1.165, 1.54) is 0 Å². The van der Waals surface area contributed by atoms with Crippen molar-refractivity contribution in [1.82, 2.24) is 0 Å². The third kappa shape index (κ3) is 4.48. The number of ether oxygens (including phenoxy) is 2. The van der Waals surface area contributed by atoms with Gasteiger partial charge in [0.05, 0.1) is 25.8 Å². The second-order valence-corrected chi connectivity index (χ2v) is 4.98. The summed E-state index contributed by atoms with van der Waals surface area (Å²) in [7, 11) is 1.63. The molecule has 0 N–H and O–H groups in total. The van der Waals surface area contributed by atoms with E-state index >= 15 is 0 Å². The molecular weight excluding hydrogens is 270 g/mol. The average Bonchev–Trinajstić information content (AvgIpc) is 2.96. The van der Waals surface area contributed by atoms with Crippen molar-refractivity contribution in [1.29, 1.82) is 0 Å². The summed E-state index contributed by atoms with van der Waals surface area (Å²) in [6.45, 7) is 2.54. The van der Waals surface area contributed by atoms with E-state index in [1.807, 2.05) is 24.3 Å². The fraction of sp³-hybridized carbons (Fsp3) is 0.500. The minimum atomic E-state index is -0.226. The summed E-state index contributed by atoms with van der Waals surface area (Å²) in [4.78, 5) is 16.9. The van der Waals surface area contributed by atoms with Crippen molar-refractivity contribution in [3.63, 3.8) is 0 Å². The SMILES string of the molecule is CCCCOC(=O)CC1CC(c2ccc(OC)cc2)=NO1. The molecule has 1 aliphatic rings. The number of esters is 1. The Morgan fingerprint density at radius 1 is 1.38 bits per heavy atom. The number of oxime groups is 1. The Hall–Kier alpha value is -2.04. The van der Waals surface area contributed by atoms with Crippen LogP contribution in [0.2, 0.25) is 0 Å². The van der Waals surface area contributed by atoms with Gasteiger partial charge in [-0.2, -0.15) is 0 Å². The second kappa shape index (κ2) is 7.67. The first-order chi connectivity index (χ1) is 10.2. The summed E-state index contributed by atoms with van der Waals surface area (Å²) >= 11 is 0. The molecule has 1 atom stereocenters. The maximum atomic E-state index is 11.6. The van der Waals surface area contributed by atoms with Gasteiger partial charge in [0.2, 0.25) is 0 Å². The van der Waals surface area contributed by atoms with Crippen LogP contribution in [0.4, 0.5) is 0 Å². The van der Waals surface area contributed by atoms with Gasteiger partial charge in [-0.15, -0.1) is 0 Å². The van der Waals surface area contributed by atoms with Gasteiger partial charge in [-0.3, -0.25) is 4.79 Å². The fourth-order valence-electron chi connectivity index (χ4n) is 2.07. The summed E-state index contributed by atoms with van der Waals surface area (Å²) < 4.78 is 10.2. The molecule has 114 valence electrons. The van der Waals surface area contributed by atoms with Crippen molar-refractivity contribution in [2.24, 2.45) is 5.16 Å². The van der Waals surface area contributed by atoms with Crippen LogP contribution >= 0.6 is 0 Å². The van der Waals surface area contributed by atoms with Crippen LogP contribution in [0.25, 0.3) is 0 Å². The highest BCUT2D eigenvalue weighted by Crippen LogP contribution is 2.21. The summed E-state index contributed by atoms with van der Waals surface area (Å²) in [5.74, 6) is 0.578. The average molecular weight is 291 g/mol. The Labute approximate surface area is 124 Å². The predicted molar refractivity (Wildman–Crippen MR) is 79.5 cm³/mol. The second-order valence-electron chi connectivity index (χ2n) is 4.98. The zero-order chi connectivity index (χ0) is 15.1. The number of unbranched alkanes of at least 4 members (excludes halogenated alkanes) is 1. The third-order valence-electron chi connectivity index (χ3n) is 3.31. The van der Waals surface area contributed by atoms with Gasteiger partial charge in [0.15, 0.2) is 0 Å². The molecule has 0 bridgehead atoms. The van der Waals surface area contributed by atoms with E-state index in [2.05, 4.69) is 12.1 Å². The molecule has 0 aliphatic carbocycles. The largest absolute Gasteiger partial charge is 0.497 e. The summed E-state index contributed by atoms with van der Waals surface area (Å²) in [6.07, 6.45) is 2.54. The zero-order valence-electron chi connectivity index (χ0n) is 12.5. The van der Waals surface area contributed by atoms with Crippen molar-refractivity contribution in [3.8, 4) is 5.75 Å². The standard InChI is InChI=1S/C16H21NO4/c1-3-4-9-20-16(18)11-14-10-15(17-21-14)12-5-7-13(19-2)8-6-12/h5-8,14H,3-4,9-11H2,1-2H3. The van der Waals surface area contributed by atoms with Gasteiger partial charge in [0, 0.05) is 6.42 Å². The van der Waals surface area contributed by atoms with E-state index in [1.54, 1.807) is 7.11 Å². The Morgan fingerprint density at radius 3 is 2.81 bits per heavy atom. The van der Waals surface area contributed by atoms with Gasteiger partial charge in [-0.1, -0.05) is 18.5 Å². The maximum absolute atomic E-state index is 11.6. The van der Waals surface area contributed by atoms with Crippen LogP contribution in [-0.4, -0.2) is 31.5 Å². The van der Waals surface area contributed by atoms with Crippen LogP contribution < -0.4 is 4.74 Å². The van der Waals surface area contributed by atoms with Crippen LogP contribution in [0.5, 0.6) is 5.75 Å². The minimum Gasteiger partial charge on any atom is -0.497 e. The molecule has 1 aromatic carbocycles. The molecule has 0 spiro atoms. The summed E-state index contributed by atoms with van der Waals surface area (Å²) in [5, 5.41) is 4.06. The number of hydrogen-bond donors (Lipinski definition) is 0. The molecule has 2 rings (SSSR count). The Kier molecular flexibility index (Phi) is 5.60. The molecule has 21 heavy (non-hydrogen) atoms. The molecular formula is C16H21NO4. The first kappa shape index (κ1) is 15.4. The van der Waals surface area contributed by atoms with Crippen molar-refractivity contribution < 1.29 is 19.1 Å². The van der Waals surface area contributed by atoms with Crippen molar-refractivity contribution in [3.05, 3.63) is 29.8 Å². The molecule has 5 heteroatoms. The van der Waals surface area contributed by atoms with Gasteiger partial charge in [-0.25, -0.2) is 0 Å². The molecule has 0 saturated carbocycles. The van der Waals surface area contributed by atoms with Crippen LogP contribution in [0.3, 0.4) is 0 Å². The van der Waals surface area contributed by atoms with E-state index in [9.17, 15) is 4.79 Å². The van der Waals surface area contributed by atoms with Gasteiger partial charge in [0.25, 0.3) is 0 Å². The highest BCUT2D eigenvalue weighted by Gasteiger charge is 2.25. The topological polar surface area (TPSA) is 57.1 Å². The van der Waals surface area contributed by atoms with Gasteiger partial charge < -0.3 is 14.3 Å². The molecule has 1 aromatic rings. The molecule has 0 fully saturated rings. The van der Waals surface area contributed by atoms with Crippen molar-refractivity contribution in [2.75, 3.05) is 13.7 Å². The Morgan fingerprint density at radius 2 is 2.14 bits per heavy atom. The molecule has 0 radical (unpaired) electrons. The lowest BCUT2D eigenvalue weighted by Gasteiger charge is -2.08. The van der Waals surface area contributed by atoms with E-state index in [0.29, 0.717) is 13.0 Å². The van der Waals surface area contributed by atoms with Crippen molar-refractivity contribution in [2.45, 2.75) is 38.7 Å². The first-order valence-corrected chi connectivity index (χ1v) is 7.25. The van der Waals surface area contributed by atoms with Crippen molar-refractivity contribution >= 4 is 11.7 Å². The Bertz CT molecular complexity index is 496. The zero-order valence-corrected chi connectivity index (χ0v) is 12.5. The van der Waals surface area contributed by atoms with Crippen LogP contribution in [-0.2, 0) is 14.4 Å². The maximum Gasteiger partial charge on any atom is 0.309 e. The Balaban J connectivity index is 1.80. The number of carbonyl (C=O) groups is 1. The quantitative estimate of drug-likeness (QED) is 0.572. The number of rotatable bonds is 7. The predicted octanol–water partition coefficient (Wildman–Crippen LogP) is 2.92. The van der Waals surface area contributed by atoms with Gasteiger partial charge >= 0.3 is 5.97 Å². The molecule has 0 amide bonds. The lowest BCUT2D eigenvalue weighted by molar-refractivity contribution is -0.146. The van der Waals surface area contributed by atoms with Crippen LogP contribution in [0, 0.1) is 0 Å². The first-order valence-electron chi connectivity index (χ1n) is 7.25. The third-order valence-corrected chi connectivity index (χ3v) is 3.31. The lowest BCUT2D eigenvalue weighted by atomic mass is 10.0. The number of hydrogen-bond acceptors (Lipinski definition) is 5. The summed E-state index contributed by atoms with van der Waals surface area (Å²) in [5.41, 5.74) is 1.83. The highest BCUT2D eigenvalue weighted by molar-refractivity contribution is 6.01. The van der Waals surface area contributed by atoms with E-state index in [0.717, 1.165) is 29.9 Å². The molecule has 1 unspecified atom stereocenters. The lowest BCUT2D eigenvalue weighted by Crippen LogP contribution is -2.17. The molecule has 1 heterocycles. The van der Waals surface area contributed by atoms with Gasteiger partial charge in [-0.05, 0) is 36.2 Å². The number of nitrogens with zero attached hydrogens (tertiary/aromatic N) is 1. The van der Waals surface area contributed by atoms with Crippen LogP contribution in [0.15, 0.2) is 29.4 Å². The van der Waals surface area contributed by atoms with E-state index in [4.69, 9.17) is 14.3 Å². The molecule has 0 saturated heterocycles. The van der Waals surface area contributed by atoms with E-state index < -0.39 is 0 Å². The highest BCUT2D eigenvalue weighted by atomic mass is 16.6. The summed E-state index contributed by atoms with van der Waals surface area (Å²) in [6, 6.07) is 7.63. The number of methoxy groups -OCH3 is 1.